The van der Waals surface area contributed by atoms with E-state index in [0.717, 1.165) is 16.9 Å². The molecule has 12 heavy (non-hydrogen) atoms. The summed E-state index contributed by atoms with van der Waals surface area (Å²) in [6.45, 7) is 0.530. The predicted molar refractivity (Wildman–Crippen MR) is 47.6 cm³/mol. The molecular weight excluding hydrogens is 148 g/mol. The van der Waals surface area contributed by atoms with Crippen LogP contribution in [0.15, 0.2) is 18.2 Å². The highest BCUT2D eigenvalue weighted by Gasteiger charge is 2.04. The first-order valence-corrected chi connectivity index (χ1v) is 3.70. The molecular formula is C11H7O. The first-order valence-electron chi connectivity index (χ1n) is 3.70. The van der Waals surface area contributed by atoms with Gasteiger partial charge in [0.2, 0.25) is 0 Å². The van der Waals surface area contributed by atoms with Gasteiger partial charge in [-0.25, -0.2) is 0 Å². The van der Waals surface area contributed by atoms with Crippen molar-refractivity contribution in [2.45, 2.75) is 0 Å². The normalized spacial score (nSPS) is 12.9. The number of fused-ring (bicyclic) bond motifs is 1. The minimum Gasteiger partial charge on any atom is -0.488 e. The van der Waals surface area contributed by atoms with E-state index >= 15 is 0 Å². The van der Waals surface area contributed by atoms with Crippen molar-refractivity contribution >= 4 is 6.08 Å². The molecule has 1 nitrogen and oxygen atoms in total. The highest BCUT2D eigenvalue weighted by Crippen LogP contribution is 2.23. The molecule has 0 bridgehead atoms. The SMILES string of the molecule is C#Cc1ccc2c(c1)C=[C]CO2. The van der Waals surface area contributed by atoms with E-state index in [2.05, 4.69) is 12.0 Å². The number of terminal acetylenes is 1. The van der Waals surface area contributed by atoms with Gasteiger partial charge in [0.25, 0.3) is 0 Å². The molecule has 0 unspecified atom stereocenters. The zero-order valence-electron chi connectivity index (χ0n) is 6.50. The van der Waals surface area contributed by atoms with Crippen molar-refractivity contribution in [3.63, 3.8) is 0 Å². The molecule has 57 valence electrons. The minimum atomic E-state index is 0.530. The maximum atomic E-state index is 5.31. The molecule has 0 amide bonds. The minimum absolute atomic E-state index is 0.530. The summed E-state index contributed by atoms with van der Waals surface area (Å²) in [5.74, 6) is 3.46. The van der Waals surface area contributed by atoms with E-state index < -0.39 is 0 Å². The molecule has 1 aromatic rings. The van der Waals surface area contributed by atoms with Crippen LogP contribution in [0.5, 0.6) is 5.75 Å². The summed E-state index contributed by atoms with van der Waals surface area (Å²) < 4.78 is 5.31. The Bertz CT molecular complexity index is 369. The van der Waals surface area contributed by atoms with Gasteiger partial charge in [0, 0.05) is 11.1 Å². The van der Waals surface area contributed by atoms with Crippen LogP contribution in [0.3, 0.4) is 0 Å². The van der Waals surface area contributed by atoms with Crippen molar-refractivity contribution < 1.29 is 4.74 Å². The summed E-state index contributed by atoms with van der Waals surface area (Å²) >= 11 is 0. The highest BCUT2D eigenvalue weighted by molar-refractivity contribution is 5.60. The van der Waals surface area contributed by atoms with Crippen LogP contribution in [0.2, 0.25) is 0 Å². The number of hydrogen-bond donors (Lipinski definition) is 0. The standard InChI is InChI=1S/C11H7O/c1-2-9-5-6-11-10(8-9)4-3-7-12-11/h1,4-6,8H,7H2. The monoisotopic (exact) mass is 155 g/mol. The van der Waals surface area contributed by atoms with E-state index in [1.165, 1.54) is 0 Å². The van der Waals surface area contributed by atoms with Gasteiger partial charge in [0.05, 0.1) is 0 Å². The van der Waals surface area contributed by atoms with Gasteiger partial charge in [-0.3, -0.25) is 0 Å². The maximum Gasteiger partial charge on any atom is 0.127 e. The average molecular weight is 155 g/mol. The molecule has 1 aliphatic rings. The van der Waals surface area contributed by atoms with Crippen LogP contribution in [-0.2, 0) is 0 Å². The Morgan fingerprint density at radius 1 is 1.50 bits per heavy atom. The summed E-state index contributed by atoms with van der Waals surface area (Å²) in [4.78, 5) is 0. The molecule has 0 atom stereocenters. The first kappa shape index (κ1) is 7.00. The van der Waals surface area contributed by atoms with E-state index in [-0.39, 0.29) is 0 Å². The van der Waals surface area contributed by atoms with E-state index in [9.17, 15) is 0 Å². The Morgan fingerprint density at radius 3 is 3.25 bits per heavy atom. The molecule has 0 fully saturated rings. The quantitative estimate of drug-likeness (QED) is 0.520. The Balaban J connectivity index is 2.53. The summed E-state index contributed by atoms with van der Waals surface area (Å²) in [6, 6.07) is 5.68. The molecule has 1 radical (unpaired) electrons. The van der Waals surface area contributed by atoms with E-state index in [4.69, 9.17) is 11.2 Å². The number of hydrogen-bond acceptors (Lipinski definition) is 1. The second-order valence-corrected chi connectivity index (χ2v) is 2.53. The molecule has 1 heteroatoms. The lowest BCUT2D eigenvalue weighted by Crippen LogP contribution is -2.00. The largest absolute Gasteiger partial charge is 0.488 e. The van der Waals surface area contributed by atoms with E-state index in [1.807, 2.05) is 24.3 Å². The second kappa shape index (κ2) is 2.75. The third-order valence-corrected chi connectivity index (χ3v) is 1.75. The van der Waals surface area contributed by atoms with Crippen LogP contribution < -0.4 is 4.74 Å². The zero-order chi connectivity index (χ0) is 8.39. The van der Waals surface area contributed by atoms with Gasteiger partial charge in [-0.1, -0.05) is 5.92 Å². The van der Waals surface area contributed by atoms with Gasteiger partial charge in [-0.2, -0.15) is 0 Å². The van der Waals surface area contributed by atoms with Crippen molar-refractivity contribution in [3.8, 4) is 18.1 Å². The molecule has 1 heterocycles. The third kappa shape index (κ3) is 1.08. The van der Waals surface area contributed by atoms with Crippen molar-refractivity contribution in [2.24, 2.45) is 0 Å². The summed E-state index contributed by atoms with van der Waals surface area (Å²) in [5.41, 5.74) is 1.88. The van der Waals surface area contributed by atoms with E-state index in [1.54, 1.807) is 0 Å². The molecule has 0 aromatic heterocycles. The number of rotatable bonds is 0. The van der Waals surface area contributed by atoms with E-state index in [0.29, 0.717) is 6.61 Å². The van der Waals surface area contributed by atoms with Crippen LogP contribution >= 0.6 is 0 Å². The smallest absolute Gasteiger partial charge is 0.127 e. The maximum absolute atomic E-state index is 5.31. The Kier molecular flexibility index (Phi) is 1.60. The van der Waals surface area contributed by atoms with Crippen molar-refractivity contribution in [1.82, 2.24) is 0 Å². The topological polar surface area (TPSA) is 9.23 Å². The average Bonchev–Trinajstić information content (AvgIpc) is 2.17. The molecule has 1 aromatic carbocycles. The molecule has 1 aliphatic heterocycles. The Morgan fingerprint density at radius 2 is 2.42 bits per heavy atom. The Labute approximate surface area is 71.7 Å². The van der Waals surface area contributed by atoms with Crippen molar-refractivity contribution in [2.75, 3.05) is 6.61 Å². The van der Waals surface area contributed by atoms with Crippen molar-refractivity contribution in [3.05, 3.63) is 35.4 Å². The summed E-state index contributed by atoms with van der Waals surface area (Å²) in [7, 11) is 0. The van der Waals surface area contributed by atoms with Gasteiger partial charge in [-0.05, 0) is 30.4 Å². The fourth-order valence-electron chi connectivity index (χ4n) is 1.15. The lowest BCUT2D eigenvalue weighted by atomic mass is 10.1. The van der Waals surface area contributed by atoms with Crippen LogP contribution in [0.25, 0.3) is 6.08 Å². The molecule has 2 rings (SSSR count). The van der Waals surface area contributed by atoms with Gasteiger partial charge in [0.15, 0.2) is 0 Å². The number of benzene rings is 1. The van der Waals surface area contributed by atoms with Crippen molar-refractivity contribution in [1.29, 1.82) is 0 Å². The first-order chi connectivity index (χ1) is 5.90. The third-order valence-electron chi connectivity index (χ3n) is 1.75. The second-order valence-electron chi connectivity index (χ2n) is 2.53. The fourth-order valence-corrected chi connectivity index (χ4v) is 1.15. The molecule has 0 saturated carbocycles. The molecule has 0 aliphatic carbocycles. The van der Waals surface area contributed by atoms with Gasteiger partial charge < -0.3 is 4.74 Å². The lowest BCUT2D eigenvalue weighted by Gasteiger charge is -2.11. The number of ether oxygens (including phenoxy) is 1. The van der Waals surface area contributed by atoms with Crippen LogP contribution in [0, 0.1) is 18.4 Å². The highest BCUT2D eigenvalue weighted by atomic mass is 16.5. The van der Waals surface area contributed by atoms with Gasteiger partial charge in [0.1, 0.15) is 12.4 Å². The zero-order valence-corrected chi connectivity index (χ0v) is 6.50. The summed E-state index contributed by atoms with van der Waals surface area (Å²) in [5, 5.41) is 0. The molecule has 0 N–H and O–H groups in total. The predicted octanol–water partition coefficient (Wildman–Crippen LogP) is 1.88. The van der Waals surface area contributed by atoms with Crippen LogP contribution in [0.1, 0.15) is 11.1 Å². The summed E-state index contributed by atoms with van der Waals surface area (Å²) in [6.07, 6.45) is 10.1. The molecule has 0 spiro atoms. The van der Waals surface area contributed by atoms with Gasteiger partial charge >= 0.3 is 0 Å². The van der Waals surface area contributed by atoms with Gasteiger partial charge in [-0.15, -0.1) is 6.42 Å². The Hall–Kier alpha value is -1.68. The molecule has 0 saturated heterocycles. The fraction of sp³-hybridized carbons (Fsp3) is 0.0909. The van der Waals surface area contributed by atoms with Crippen LogP contribution in [-0.4, -0.2) is 6.61 Å². The van der Waals surface area contributed by atoms with Crippen LogP contribution in [0.4, 0.5) is 0 Å². The lowest BCUT2D eigenvalue weighted by molar-refractivity contribution is 0.352.